The first-order chi connectivity index (χ1) is 12.7. The molecule has 0 aliphatic carbocycles. The molecule has 0 atom stereocenters. The third-order valence-corrected chi connectivity index (χ3v) is 3.96. The Balaban J connectivity index is 1.94. The normalized spacial score (nSPS) is 10.4. The fraction of sp³-hybridized carbons (Fsp3) is 0.167. The zero-order valence-electron chi connectivity index (χ0n) is 14.3. The molecule has 132 valence electrons. The van der Waals surface area contributed by atoms with E-state index >= 15 is 0 Å². The average Bonchev–Trinajstić information content (AvgIpc) is 2.69. The van der Waals surface area contributed by atoms with E-state index in [1.807, 2.05) is 30.5 Å². The van der Waals surface area contributed by atoms with E-state index in [9.17, 15) is 4.79 Å². The minimum atomic E-state index is -0.467. The van der Waals surface area contributed by atoms with Gasteiger partial charge in [0.25, 0.3) is 0 Å². The van der Waals surface area contributed by atoms with Crippen LogP contribution in [0.25, 0.3) is 11.4 Å². The molecule has 0 saturated carbocycles. The van der Waals surface area contributed by atoms with Gasteiger partial charge in [0.1, 0.15) is 11.4 Å². The maximum absolute atomic E-state index is 12.2. The van der Waals surface area contributed by atoms with Gasteiger partial charge in [-0.25, -0.2) is 24.7 Å². The summed E-state index contributed by atoms with van der Waals surface area (Å²) in [6.07, 6.45) is 6.73. The van der Waals surface area contributed by atoms with Crippen molar-refractivity contribution in [1.82, 2.24) is 19.9 Å². The van der Waals surface area contributed by atoms with Crippen molar-refractivity contribution in [2.24, 2.45) is 0 Å². The molecule has 1 aromatic carbocycles. The summed E-state index contributed by atoms with van der Waals surface area (Å²) in [6, 6.07) is 9.34. The van der Waals surface area contributed by atoms with E-state index in [2.05, 4.69) is 25.3 Å². The molecule has 3 aromatic rings. The number of ether oxygens (including phenoxy) is 1. The van der Waals surface area contributed by atoms with Gasteiger partial charge in [0.2, 0.25) is 0 Å². The Labute approximate surface area is 155 Å². The Bertz CT molecular complexity index is 905. The number of nitrogens with one attached hydrogen (secondary N) is 1. The number of thioether (sulfide) groups is 1. The summed E-state index contributed by atoms with van der Waals surface area (Å²) in [6.45, 7) is 2.04. The number of nitrogens with zero attached hydrogens (tertiary/aromatic N) is 4. The van der Waals surface area contributed by atoms with Crippen molar-refractivity contribution in [1.29, 1.82) is 0 Å². The van der Waals surface area contributed by atoms with Gasteiger partial charge in [-0.15, -0.1) is 0 Å². The van der Waals surface area contributed by atoms with Gasteiger partial charge < -0.3 is 10.1 Å². The summed E-state index contributed by atoms with van der Waals surface area (Å²) in [4.78, 5) is 29.2. The number of aromatic nitrogens is 4. The van der Waals surface area contributed by atoms with Gasteiger partial charge in [0.15, 0.2) is 11.0 Å². The number of carbonyl (C=O) groups excluding carboxylic acids is 1. The van der Waals surface area contributed by atoms with Gasteiger partial charge >= 0.3 is 5.97 Å². The van der Waals surface area contributed by atoms with E-state index in [1.165, 1.54) is 18.0 Å². The van der Waals surface area contributed by atoms with Gasteiger partial charge in [-0.05, 0) is 31.4 Å². The van der Waals surface area contributed by atoms with Crippen LogP contribution in [-0.2, 0) is 4.74 Å². The Morgan fingerprint density at radius 3 is 2.73 bits per heavy atom. The molecule has 0 spiro atoms. The van der Waals surface area contributed by atoms with Gasteiger partial charge in [-0.3, -0.25) is 0 Å². The van der Waals surface area contributed by atoms with Gasteiger partial charge in [-0.1, -0.05) is 23.9 Å². The van der Waals surface area contributed by atoms with Crippen molar-refractivity contribution >= 4 is 29.2 Å². The highest BCUT2D eigenvalue weighted by molar-refractivity contribution is 7.98. The minimum Gasteiger partial charge on any atom is -0.462 e. The highest BCUT2D eigenvalue weighted by Gasteiger charge is 2.16. The monoisotopic (exact) mass is 367 g/mol. The zero-order valence-corrected chi connectivity index (χ0v) is 15.2. The molecule has 26 heavy (non-hydrogen) atoms. The SMILES string of the molecule is CCOC(=O)c1cnc(SC)nc1Nc1cccc(-c2ncccn2)c1. The highest BCUT2D eigenvalue weighted by Crippen LogP contribution is 2.24. The summed E-state index contributed by atoms with van der Waals surface area (Å²) < 4.78 is 5.09. The number of anilines is 2. The lowest BCUT2D eigenvalue weighted by Crippen LogP contribution is -2.10. The fourth-order valence-corrected chi connectivity index (χ4v) is 2.58. The zero-order chi connectivity index (χ0) is 18.4. The van der Waals surface area contributed by atoms with Gasteiger partial charge in [-0.2, -0.15) is 0 Å². The molecule has 0 saturated heterocycles. The summed E-state index contributed by atoms with van der Waals surface area (Å²) >= 11 is 1.39. The van der Waals surface area contributed by atoms with Crippen LogP contribution in [0.1, 0.15) is 17.3 Å². The van der Waals surface area contributed by atoms with Crippen LogP contribution in [0.5, 0.6) is 0 Å². The van der Waals surface area contributed by atoms with Crippen LogP contribution < -0.4 is 5.32 Å². The molecule has 2 aromatic heterocycles. The lowest BCUT2D eigenvalue weighted by molar-refractivity contribution is 0.0526. The summed E-state index contributed by atoms with van der Waals surface area (Å²) in [5.74, 6) is 0.549. The van der Waals surface area contributed by atoms with Crippen molar-refractivity contribution in [3.63, 3.8) is 0 Å². The average molecular weight is 367 g/mol. The molecule has 8 heteroatoms. The minimum absolute atomic E-state index is 0.281. The van der Waals surface area contributed by atoms with Crippen LogP contribution in [0.15, 0.2) is 54.1 Å². The molecule has 0 aliphatic heterocycles. The lowest BCUT2D eigenvalue weighted by Gasteiger charge is -2.12. The molecule has 3 rings (SSSR count). The van der Waals surface area contributed by atoms with Crippen LogP contribution in [0.2, 0.25) is 0 Å². The van der Waals surface area contributed by atoms with E-state index < -0.39 is 5.97 Å². The highest BCUT2D eigenvalue weighted by atomic mass is 32.2. The van der Waals surface area contributed by atoms with E-state index in [-0.39, 0.29) is 12.2 Å². The number of hydrogen-bond donors (Lipinski definition) is 1. The Hall–Kier alpha value is -3.00. The molecule has 0 fully saturated rings. The number of carbonyl (C=O) groups is 1. The number of rotatable bonds is 6. The first-order valence-electron chi connectivity index (χ1n) is 7.94. The van der Waals surface area contributed by atoms with Crippen LogP contribution >= 0.6 is 11.8 Å². The van der Waals surface area contributed by atoms with Gasteiger partial charge in [0.05, 0.1) is 6.61 Å². The van der Waals surface area contributed by atoms with Crippen molar-refractivity contribution < 1.29 is 9.53 Å². The molecule has 0 aliphatic rings. The molecule has 2 heterocycles. The summed E-state index contributed by atoms with van der Waals surface area (Å²) in [5.41, 5.74) is 1.89. The number of esters is 1. The lowest BCUT2D eigenvalue weighted by atomic mass is 10.2. The third kappa shape index (κ3) is 4.15. The molecular weight excluding hydrogens is 350 g/mol. The van der Waals surface area contributed by atoms with E-state index in [4.69, 9.17) is 4.74 Å². The molecule has 7 nitrogen and oxygen atoms in total. The van der Waals surface area contributed by atoms with Crippen LogP contribution in [0.4, 0.5) is 11.5 Å². The van der Waals surface area contributed by atoms with Crippen LogP contribution in [0.3, 0.4) is 0 Å². The van der Waals surface area contributed by atoms with Crippen molar-refractivity contribution in [2.75, 3.05) is 18.2 Å². The fourth-order valence-electron chi connectivity index (χ4n) is 2.24. The maximum atomic E-state index is 12.2. The first kappa shape index (κ1) is 17.8. The number of hydrogen-bond acceptors (Lipinski definition) is 8. The molecule has 0 bridgehead atoms. The second-order valence-corrected chi connectivity index (χ2v) is 5.89. The van der Waals surface area contributed by atoms with E-state index in [0.29, 0.717) is 16.8 Å². The predicted octanol–water partition coefficient (Wildman–Crippen LogP) is 3.58. The predicted molar refractivity (Wildman–Crippen MR) is 101 cm³/mol. The quantitative estimate of drug-likeness (QED) is 0.402. The van der Waals surface area contributed by atoms with Crippen molar-refractivity contribution in [2.45, 2.75) is 12.1 Å². The van der Waals surface area contributed by atoms with Crippen molar-refractivity contribution in [3.05, 3.63) is 54.5 Å². The first-order valence-corrected chi connectivity index (χ1v) is 9.16. The van der Waals surface area contributed by atoms with E-state index in [1.54, 1.807) is 25.4 Å². The molecular formula is C18H17N5O2S. The van der Waals surface area contributed by atoms with E-state index in [0.717, 1.165) is 11.3 Å². The summed E-state index contributed by atoms with van der Waals surface area (Å²) in [5, 5.41) is 3.73. The van der Waals surface area contributed by atoms with Crippen LogP contribution in [-0.4, -0.2) is 38.8 Å². The summed E-state index contributed by atoms with van der Waals surface area (Å²) in [7, 11) is 0. The Morgan fingerprint density at radius 1 is 1.19 bits per heavy atom. The second-order valence-electron chi connectivity index (χ2n) is 5.12. The van der Waals surface area contributed by atoms with Gasteiger partial charge in [0, 0.05) is 29.8 Å². The van der Waals surface area contributed by atoms with Crippen molar-refractivity contribution in [3.8, 4) is 11.4 Å². The molecule has 0 radical (unpaired) electrons. The third-order valence-electron chi connectivity index (χ3n) is 3.39. The maximum Gasteiger partial charge on any atom is 0.343 e. The Kier molecular flexibility index (Phi) is 5.75. The second kappa shape index (κ2) is 8.39. The number of benzene rings is 1. The topological polar surface area (TPSA) is 89.9 Å². The molecule has 0 amide bonds. The smallest absolute Gasteiger partial charge is 0.343 e. The van der Waals surface area contributed by atoms with Crippen LogP contribution in [0, 0.1) is 0 Å². The molecule has 0 unspecified atom stereocenters. The standard InChI is InChI=1S/C18H17N5O2S/c1-3-25-17(24)14-11-21-18(26-2)23-16(14)22-13-7-4-6-12(10-13)15-19-8-5-9-20-15/h4-11H,3H2,1-2H3,(H,21,22,23). The Morgan fingerprint density at radius 2 is 2.00 bits per heavy atom. The largest absolute Gasteiger partial charge is 0.462 e. The molecule has 1 N–H and O–H groups in total.